The largest absolute Gasteiger partial charge is 0.508 e. The van der Waals surface area contributed by atoms with Gasteiger partial charge in [-0.3, -0.25) is 9.59 Å². The zero-order valence-electron chi connectivity index (χ0n) is 32.0. The van der Waals surface area contributed by atoms with Crippen LogP contribution in [0.4, 0.5) is 4.79 Å². The van der Waals surface area contributed by atoms with Crippen molar-refractivity contribution in [2.24, 2.45) is 29.1 Å². The molecule has 286 valence electrons. The highest BCUT2D eigenvalue weighted by Gasteiger charge is 2.51. The van der Waals surface area contributed by atoms with Crippen molar-refractivity contribution < 1.29 is 33.3 Å². The lowest BCUT2D eigenvalue weighted by molar-refractivity contribution is -0.155. The smallest absolute Gasteiger partial charge is 0.465 e. The number of unbranched alkanes of at least 4 members (excludes halogenated alkanes) is 8. The second kappa shape index (κ2) is 24.8. The zero-order valence-corrected chi connectivity index (χ0v) is 32.0. The van der Waals surface area contributed by atoms with E-state index in [1.54, 1.807) is 0 Å². The van der Waals surface area contributed by atoms with Crippen LogP contribution in [0.3, 0.4) is 0 Å². The highest BCUT2D eigenvalue weighted by atomic mass is 16.7. The van der Waals surface area contributed by atoms with E-state index in [-0.39, 0.29) is 43.8 Å². The molecule has 8 nitrogen and oxygen atoms in total. The molecule has 0 N–H and O–H groups in total. The quantitative estimate of drug-likeness (QED) is 0.0345. The van der Waals surface area contributed by atoms with Crippen LogP contribution < -0.4 is 0 Å². The van der Waals surface area contributed by atoms with Crippen LogP contribution in [-0.4, -0.2) is 69.1 Å². The van der Waals surface area contributed by atoms with Gasteiger partial charge in [-0.2, -0.15) is 0 Å². The van der Waals surface area contributed by atoms with Gasteiger partial charge in [0.15, 0.2) is 0 Å². The molecule has 4 aliphatic carbocycles. The van der Waals surface area contributed by atoms with Gasteiger partial charge in [0.05, 0.1) is 18.9 Å². The van der Waals surface area contributed by atoms with Crippen molar-refractivity contribution in [3.8, 4) is 0 Å². The van der Waals surface area contributed by atoms with Gasteiger partial charge in [0, 0.05) is 13.0 Å². The van der Waals surface area contributed by atoms with Crippen molar-refractivity contribution in [3.05, 3.63) is 24.3 Å². The van der Waals surface area contributed by atoms with E-state index in [1.165, 1.54) is 51.4 Å². The van der Waals surface area contributed by atoms with Gasteiger partial charge >= 0.3 is 18.1 Å². The van der Waals surface area contributed by atoms with E-state index >= 15 is 0 Å². The molecule has 0 aliphatic heterocycles. The first kappa shape index (κ1) is 42.1. The summed E-state index contributed by atoms with van der Waals surface area (Å²) in [5, 5.41) is 0. The Labute approximate surface area is 304 Å². The van der Waals surface area contributed by atoms with Crippen molar-refractivity contribution in [2.75, 3.05) is 46.1 Å². The Hall–Kier alpha value is -2.35. The topological polar surface area (TPSA) is 91.4 Å². The van der Waals surface area contributed by atoms with Crippen LogP contribution in [0.1, 0.15) is 149 Å². The molecule has 8 heteroatoms. The summed E-state index contributed by atoms with van der Waals surface area (Å²) < 4.78 is 22.0. The van der Waals surface area contributed by atoms with Crippen LogP contribution in [0.15, 0.2) is 24.3 Å². The minimum atomic E-state index is -0.745. The fraction of sp³-hybridized carbons (Fsp3) is 0.833. The molecule has 4 rings (SSSR count). The first-order valence-corrected chi connectivity index (χ1v) is 20.5. The van der Waals surface area contributed by atoms with E-state index in [2.05, 4.69) is 50.0 Å². The van der Waals surface area contributed by atoms with Gasteiger partial charge in [-0.05, 0) is 120 Å². The van der Waals surface area contributed by atoms with Crippen molar-refractivity contribution in [2.45, 2.75) is 149 Å². The summed E-state index contributed by atoms with van der Waals surface area (Å²) in [6, 6.07) is 0. The van der Waals surface area contributed by atoms with Gasteiger partial charge in [0.2, 0.25) is 0 Å². The number of hydrogen-bond acceptors (Lipinski definition) is 8. The molecular formula is C42H71NO7. The summed E-state index contributed by atoms with van der Waals surface area (Å²) in [6.07, 6.45) is 29.7. The second-order valence-electron chi connectivity index (χ2n) is 15.6. The average molecular weight is 702 g/mol. The van der Waals surface area contributed by atoms with Gasteiger partial charge in [0.25, 0.3) is 0 Å². The predicted octanol–water partition coefficient (Wildman–Crippen LogP) is 9.99. The summed E-state index contributed by atoms with van der Waals surface area (Å²) in [6.45, 7) is 9.57. The zero-order chi connectivity index (χ0) is 35.9. The molecule has 0 aromatic carbocycles. The van der Waals surface area contributed by atoms with Crippen molar-refractivity contribution in [1.82, 2.24) is 4.90 Å². The molecule has 1 atom stereocenters. The van der Waals surface area contributed by atoms with Crippen molar-refractivity contribution in [1.29, 1.82) is 0 Å². The van der Waals surface area contributed by atoms with Crippen LogP contribution in [0.5, 0.6) is 0 Å². The van der Waals surface area contributed by atoms with E-state index < -0.39 is 12.1 Å². The Morgan fingerprint density at radius 2 is 1.22 bits per heavy atom. The normalized spacial score (nSPS) is 23.2. The van der Waals surface area contributed by atoms with Crippen LogP contribution in [0.2, 0.25) is 0 Å². The average Bonchev–Trinajstić information content (AvgIpc) is 3.08. The third kappa shape index (κ3) is 17.2. The first-order chi connectivity index (χ1) is 24.3. The highest BCUT2D eigenvalue weighted by molar-refractivity contribution is 5.70. The Morgan fingerprint density at radius 1 is 0.660 bits per heavy atom. The van der Waals surface area contributed by atoms with Gasteiger partial charge < -0.3 is 23.8 Å². The molecule has 4 saturated carbocycles. The van der Waals surface area contributed by atoms with Gasteiger partial charge in [-0.25, -0.2) is 4.79 Å². The van der Waals surface area contributed by atoms with Crippen molar-refractivity contribution >= 4 is 18.1 Å². The standard InChI is InChI=1S/C42H71NO7/c1-4-7-8-9-10-11-12-13-14-15-16-17-18-19-20-22-39(44)48-32-38(34-50-41(46)47-24-21-23-43(5-2)6-3)33-49-40(45)31-42-28-35-25-36(29-42)27-37(26-35)30-42/h10-11,13-14,35-38H,4-9,12,15-34H2,1-3H3/b11-10-,14-13-/t35-,36-,37?,38?,42-/m1/s1. The minimum Gasteiger partial charge on any atom is -0.465 e. The number of ether oxygens (including phenoxy) is 4. The molecule has 0 spiro atoms. The lowest BCUT2D eigenvalue weighted by Crippen LogP contribution is -2.47. The maximum atomic E-state index is 13.1. The van der Waals surface area contributed by atoms with Crippen LogP contribution >= 0.6 is 0 Å². The van der Waals surface area contributed by atoms with Gasteiger partial charge in [0.1, 0.15) is 19.8 Å². The molecule has 0 heterocycles. The molecule has 0 saturated heterocycles. The van der Waals surface area contributed by atoms with Crippen LogP contribution in [0.25, 0.3) is 0 Å². The monoisotopic (exact) mass is 702 g/mol. The summed E-state index contributed by atoms with van der Waals surface area (Å²) in [7, 11) is 0. The van der Waals surface area contributed by atoms with Crippen molar-refractivity contribution in [3.63, 3.8) is 0 Å². The molecule has 0 aromatic rings. The molecule has 0 radical (unpaired) electrons. The Balaban J connectivity index is 1.31. The molecule has 4 bridgehead atoms. The number of rotatable bonds is 28. The molecule has 4 fully saturated rings. The summed E-state index contributed by atoms with van der Waals surface area (Å²) in [4.78, 5) is 40.2. The molecule has 0 aromatic heterocycles. The molecule has 0 amide bonds. The molecular weight excluding hydrogens is 630 g/mol. The SMILES string of the molecule is CCCCC/C=C\C/C=C\CCCCCCCC(=O)OCC(COC(=O)C[C@]12CC3C[C@@H](C[C@H](C3)C1)C2)COC(=O)OCCCN(CC)CC. The summed E-state index contributed by atoms with van der Waals surface area (Å²) in [5.41, 5.74) is 0.0980. The van der Waals surface area contributed by atoms with E-state index in [0.29, 0.717) is 12.8 Å². The molecule has 50 heavy (non-hydrogen) atoms. The first-order valence-electron chi connectivity index (χ1n) is 20.5. The van der Waals surface area contributed by atoms with E-state index in [1.807, 2.05) is 0 Å². The summed E-state index contributed by atoms with van der Waals surface area (Å²) in [5.74, 6) is 1.42. The Bertz CT molecular complexity index is 984. The number of nitrogens with zero attached hydrogens (tertiary/aromatic N) is 1. The van der Waals surface area contributed by atoms with Gasteiger partial charge in [-0.1, -0.05) is 77.2 Å². The Kier molecular flexibility index (Phi) is 20.8. The predicted molar refractivity (Wildman–Crippen MR) is 200 cm³/mol. The highest BCUT2D eigenvalue weighted by Crippen LogP contribution is 2.61. The second-order valence-corrected chi connectivity index (χ2v) is 15.6. The van der Waals surface area contributed by atoms with Gasteiger partial charge in [-0.15, -0.1) is 0 Å². The number of carbonyl (C=O) groups excluding carboxylic acids is 3. The molecule has 1 unspecified atom stereocenters. The van der Waals surface area contributed by atoms with E-state index in [0.717, 1.165) is 102 Å². The number of hydrogen-bond donors (Lipinski definition) is 0. The lowest BCUT2D eigenvalue weighted by atomic mass is 9.49. The fourth-order valence-electron chi connectivity index (χ4n) is 8.79. The molecule has 4 aliphatic rings. The number of esters is 2. The maximum absolute atomic E-state index is 13.1. The third-order valence-electron chi connectivity index (χ3n) is 11.1. The summed E-state index contributed by atoms with van der Waals surface area (Å²) >= 11 is 0. The van der Waals surface area contributed by atoms with E-state index in [4.69, 9.17) is 18.9 Å². The fourth-order valence-corrected chi connectivity index (χ4v) is 8.79. The van der Waals surface area contributed by atoms with Crippen LogP contribution in [0, 0.1) is 29.1 Å². The Morgan fingerprint density at radius 3 is 1.84 bits per heavy atom. The number of carbonyl (C=O) groups is 3. The van der Waals surface area contributed by atoms with E-state index in [9.17, 15) is 14.4 Å². The number of allylic oxidation sites excluding steroid dienone is 4. The maximum Gasteiger partial charge on any atom is 0.508 e. The van der Waals surface area contributed by atoms with Crippen LogP contribution in [-0.2, 0) is 28.5 Å². The third-order valence-corrected chi connectivity index (χ3v) is 11.1. The lowest BCUT2D eigenvalue weighted by Gasteiger charge is -2.56. The minimum absolute atomic E-state index is 0.0313.